The molecule has 0 radical (unpaired) electrons. The van der Waals surface area contributed by atoms with Gasteiger partial charge in [-0.3, -0.25) is 0 Å². The molecule has 0 saturated heterocycles. The van der Waals surface area contributed by atoms with E-state index in [0.717, 1.165) is 4.90 Å². The minimum Gasteiger partial charge on any atom is -0.477 e. The molecule has 0 amide bonds. The molecule has 1 aromatic rings. The number of carbonyl (C=O) groups is 1. The molecule has 0 aliphatic rings. The van der Waals surface area contributed by atoms with Crippen LogP contribution in [-0.2, 0) is 0 Å². The first-order valence-electron chi connectivity index (χ1n) is 4.54. The highest BCUT2D eigenvalue weighted by molar-refractivity contribution is 8.00. The second-order valence-corrected chi connectivity index (χ2v) is 4.70. The first-order chi connectivity index (χ1) is 7.00. The number of carboxylic acids is 1. The molecular formula is C10H13NO3S. The van der Waals surface area contributed by atoms with Crippen LogP contribution in [0.2, 0.25) is 0 Å². The van der Waals surface area contributed by atoms with Crippen LogP contribution in [0.5, 0.6) is 0 Å². The quantitative estimate of drug-likeness (QED) is 0.765. The minimum atomic E-state index is -1.03. The number of aliphatic hydroxyl groups is 1. The van der Waals surface area contributed by atoms with Crippen LogP contribution in [0.4, 0.5) is 0 Å². The number of aromatic carboxylic acids is 1. The van der Waals surface area contributed by atoms with Gasteiger partial charge in [-0.1, -0.05) is 6.92 Å². The highest BCUT2D eigenvalue weighted by atomic mass is 32.2. The number of hydrogen-bond acceptors (Lipinski definition) is 4. The lowest BCUT2D eigenvalue weighted by molar-refractivity contribution is 0.0690. The summed E-state index contributed by atoms with van der Waals surface area (Å²) in [5.74, 6) is -1.03. The molecule has 2 atom stereocenters. The van der Waals surface area contributed by atoms with Gasteiger partial charge >= 0.3 is 5.97 Å². The molecule has 0 aliphatic heterocycles. The van der Waals surface area contributed by atoms with E-state index in [1.54, 1.807) is 13.0 Å². The second-order valence-electron chi connectivity index (χ2n) is 3.25. The molecule has 0 aromatic carbocycles. The van der Waals surface area contributed by atoms with Gasteiger partial charge in [0.25, 0.3) is 0 Å². The van der Waals surface area contributed by atoms with Crippen molar-refractivity contribution in [1.29, 1.82) is 0 Å². The van der Waals surface area contributed by atoms with Crippen LogP contribution in [-0.4, -0.2) is 32.5 Å². The molecule has 0 bridgehead atoms. The SMILES string of the molecule is CC(O)C(C)Sc1ccc(C(=O)O)nc1. The van der Waals surface area contributed by atoms with E-state index in [9.17, 15) is 9.90 Å². The maximum absolute atomic E-state index is 10.5. The fourth-order valence-corrected chi connectivity index (χ4v) is 1.78. The molecule has 82 valence electrons. The lowest BCUT2D eigenvalue weighted by atomic mass is 10.3. The Labute approximate surface area is 92.3 Å². The molecule has 1 rings (SSSR count). The van der Waals surface area contributed by atoms with Gasteiger partial charge in [0.2, 0.25) is 0 Å². The summed E-state index contributed by atoms with van der Waals surface area (Å²) in [5, 5.41) is 18.0. The normalized spacial score (nSPS) is 14.6. The Morgan fingerprint density at radius 3 is 2.53 bits per heavy atom. The second kappa shape index (κ2) is 5.14. The third-order valence-electron chi connectivity index (χ3n) is 1.96. The fraction of sp³-hybridized carbons (Fsp3) is 0.400. The first kappa shape index (κ1) is 12.0. The molecule has 0 aliphatic carbocycles. The average molecular weight is 227 g/mol. The van der Waals surface area contributed by atoms with E-state index in [4.69, 9.17) is 5.11 Å². The largest absolute Gasteiger partial charge is 0.477 e. The monoisotopic (exact) mass is 227 g/mol. The van der Waals surface area contributed by atoms with Crippen molar-refractivity contribution in [2.24, 2.45) is 0 Å². The van der Waals surface area contributed by atoms with Crippen molar-refractivity contribution in [2.45, 2.75) is 30.1 Å². The van der Waals surface area contributed by atoms with E-state index in [0.29, 0.717) is 0 Å². The smallest absolute Gasteiger partial charge is 0.354 e. The van der Waals surface area contributed by atoms with Gasteiger partial charge in [-0.25, -0.2) is 9.78 Å². The number of rotatable bonds is 4. The van der Waals surface area contributed by atoms with Gasteiger partial charge in [0.15, 0.2) is 0 Å². The highest BCUT2D eigenvalue weighted by Gasteiger charge is 2.11. The fourth-order valence-electron chi connectivity index (χ4n) is 0.890. The maximum Gasteiger partial charge on any atom is 0.354 e. The van der Waals surface area contributed by atoms with Crippen molar-refractivity contribution in [3.8, 4) is 0 Å². The topological polar surface area (TPSA) is 70.4 Å². The summed E-state index contributed by atoms with van der Waals surface area (Å²) in [6.07, 6.45) is 1.10. The Morgan fingerprint density at radius 1 is 1.47 bits per heavy atom. The van der Waals surface area contributed by atoms with Crippen molar-refractivity contribution < 1.29 is 15.0 Å². The van der Waals surface area contributed by atoms with Crippen molar-refractivity contribution in [1.82, 2.24) is 4.98 Å². The van der Waals surface area contributed by atoms with Crippen LogP contribution in [0.3, 0.4) is 0 Å². The molecule has 0 fully saturated rings. The van der Waals surface area contributed by atoms with E-state index < -0.39 is 12.1 Å². The molecule has 15 heavy (non-hydrogen) atoms. The van der Waals surface area contributed by atoms with Gasteiger partial charge in [0.1, 0.15) is 5.69 Å². The number of aliphatic hydroxyl groups excluding tert-OH is 1. The number of thioether (sulfide) groups is 1. The molecule has 0 saturated carbocycles. The standard InChI is InChI=1S/C10H13NO3S/c1-6(12)7(2)15-8-3-4-9(10(13)14)11-5-8/h3-7,12H,1-2H3,(H,13,14). The number of nitrogens with zero attached hydrogens (tertiary/aromatic N) is 1. The van der Waals surface area contributed by atoms with Gasteiger partial charge in [-0.15, -0.1) is 11.8 Å². The molecule has 5 heteroatoms. The van der Waals surface area contributed by atoms with Gasteiger partial charge in [-0.05, 0) is 19.1 Å². The zero-order valence-corrected chi connectivity index (χ0v) is 9.36. The van der Waals surface area contributed by atoms with Crippen molar-refractivity contribution in [3.63, 3.8) is 0 Å². The molecule has 2 N–H and O–H groups in total. The van der Waals surface area contributed by atoms with E-state index >= 15 is 0 Å². The number of pyridine rings is 1. The molecule has 0 spiro atoms. The molecule has 1 heterocycles. The summed E-state index contributed by atoms with van der Waals surface area (Å²) in [6, 6.07) is 3.15. The Balaban J connectivity index is 2.68. The third kappa shape index (κ3) is 3.53. The molecule has 2 unspecified atom stereocenters. The van der Waals surface area contributed by atoms with Gasteiger partial charge in [0.05, 0.1) is 6.10 Å². The molecular weight excluding hydrogens is 214 g/mol. The predicted octanol–water partition coefficient (Wildman–Crippen LogP) is 1.64. The van der Waals surface area contributed by atoms with Crippen LogP contribution < -0.4 is 0 Å². The summed E-state index contributed by atoms with van der Waals surface area (Å²) in [5.41, 5.74) is 0.0315. The Bertz CT molecular complexity index is 337. The zero-order chi connectivity index (χ0) is 11.4. The van der Waals surface area contributed by atoms with Gasteiger partial charge in [0, 0.05) is 16.3 Å². The van der Waals surface area contributed by atoms with Gasteiger partial charge < -0.3 is 10.2 Å². The van der Waals surface area contributed by atoms with E-state index in [1.165, 1.54) is 24.0 Å². The van der Waals surface area contributed by atoms with E-state index in [1.807, 2.05) is 6.92 Å². The summed E-state index contributed by atoms with van der Waals surface area (Å²) in [4.78, 5) is 15.2. The van der Waals surface area contributed by atoms with E-state index in [2.05, 4.69) is 4.98 Å². The zero-order valence-electron chi connectivity index (χ0n) is 8.54. The van der Waals surface area contributed by atoms with Crippen LogP contribution in [0.15, 0.2) is 23.2 Å². The first-order valence-corrected chi connectivity index (χ1v) is 5.42. The maximum atomic E-state index is 10.5. The van der Waals surface area contributed by atoms with Crippen molar-refractivity contribution in [3.05, 3.63) is 24.0 Å². The lowest BCUT2D eigenvalue weighted by Gasteiger charge is -2.13. The Kier molecular flexibility index (Phi) is 4.11. The highest BCUT2D eigenvalue weighted by Crippen LogP contribution is 2.24. The number of aromatic nitrogens is 1. The molecule has 4 nitrogen and oxygen atoms in total. The average Bonchev–Trinajstić information content (AvgIpc) is 2.18. The predicted molar refractivity (Wildman–Crippen MR) is 58.2 cm³/mol. The Hall–Kier alpha value is -1.07. The van der Waals surface area contributed by atoms with Crippen LogP contribution in [0, 0.1) is 0 Å². The summed E-state index contributed by atoms with van der Waals surface area (Å²) in [6.45, 7) is 3.62. The summed E-state index contributed by atoms with van der Waals surface area (Å²) >= 11 is 1.47. The van der Waals surface area contributed by atoms with E-state index in [-0.39, 0.29) is 10.9 Å². The van der Waals surface area contributed by atoms with Crippen LogP contribution in [0.25, 0.3) is 0 Å². The van der Waals surface area contributed by atoms with Crippen molar-refractivity contribution in [2.75, 3.05) is 0 Å². The minimum absolute atomic E-state index is 0.0315. The van der Waals surface area contributed by atoms with Crippen LogP contribution in [0.1, 0.15) is 24.3 Å². The molecule has 1 aromatic heterocycles. The van der Waals surface area contributed by atoms with Gasteiger partial charge in [-0.2, -0.15) is 0 Å². The number of hydrogen-bond donors (Lipinski definition) is 2. The lowest BCUT2D eigenvalue weighted by Crippen LogP contribution is -2.14. The Morgan fingerprint density at radius 2 is 2.13 bits per heavy atom. The number of carboxylic acid groups (broad SMARTS) is 1. The third-order valence-corrected chi connectivity index (χ3v) is 3.24. The summed E-state index contributed by atoms with van der Waals surface area (Å²) in [7, 11) is 0. The summed E-state index contributed by atoms with van der Waals surface area (Å²) < 4.78 is 0. The van der Waals surface area contributed by atoms with Crippen molar-refractivity contribution >= 4 is 17.7 Å². The van der Waals surface area contributed by atoms with Crippen LogP contribution >= 0.6 is 11.8 Å².